The van der Waals surface area contributed by atoms with Crippen LogP contribution in [0, 0.1) is 12.7 Å². The van der Waals surface area contributed by atoms with Crippen LogP contribution in [0.15, 0.2) is 24.4 Å². The van der Waals surface area contributed by atoms with Gasteiger partial charge >= 0.3 is 0 Å². The second kappa shape index (κ2) is 6.05. The number of aryl methyl sites for hydroxylation is 2. The lowest BCUT2D eigenvalue weighted by atomic mass is 10.0. The standard InChI is InChI=1S/C15H20FN3O/c1-5-17-14(11-7-6-10(2)8-12(11)16)15-13(20-4)9-18-19(15)3/h6-9,14,17H,5H2,1-4H3. The first-order chi connectivity index (χ1) is 9.58. The SMILES string of the molecule is CCNC(c1ccc(C)cc1F)c1c(OC)cnn1C. The Morgan fingerprint density at radius 2 is 2.20 bits per heavy atom. The van der Waals surface area contributed by atoms with Gasteiger partial charge in [-0.15, -0.1) is 0 Å². The lowest BCUT2D eigenvalue weighted by Crippen LogP contribution is -2.25. The Balaban J connectivity index is 2.53. The summed E-state index contributed by atoms with van der Waals surface area (Å²) in [6.07, 6.45) is 1.64. The first-order valence-corrected chi connectivity index (χ1v) is 6.63. The fourth-order valence-corrected chi connectivity index (χ4v) is 2.34. The van der Waals surface area contributed by atoms with Gasteiger partial charge < -0.3 is 10.1 Å². The van der Waals surface area contributed by atoms with Gasteiger partial charge in [-0.2, -0.15) is 5.10 Å². The van der Waals surface area contributed by atoms with Crippen molar-refractivity contribution in [3.05, 3.63) is 47.0 Å². The van der Waals surface area contributed by atoms with Crippen LogP contribution in [0.2, 0.25) is 0 Å². The second-order valence-corrected chi connectivity index (χ2v) is 4.74. The van der Waals surface area contributed by atoms with Crippen LogP contribution < -0.4 is 10.1 Å². The van der Waals surface area contributed by atoms with Crippen molar-refractivity contribution in [2.75, 3.05) is 13.7 Å². The molecule has 0 saturated heterocycles. The van der Waals surface area contributed by atoms with Crippen molar-refractivity contribution < 1.29 is 9.13 Å². The third-order valence-electron chi connectivity index (χ3n) is 3.32. The summed E-state index contributed by atoms with van der Waals surface area (Å²) in [5.41, 5.74) is 2.31. The van der Waals surface area contributed by atoms with E-state index in [9.17, 15) is 4.39 Å². The molecule has 0 bridgehead atoms. The van der Waals surface area contributed by atoms with Crippen LogP contribution in [0.25, 0.3) is 0 Å². The Morgan fingerprint density at radius 1 is 1.45 bits per heavy atom. The number of ether oxygens (including phenoxy) is 1. The van der Waals surface area contributed by atoms with Crippen molar-refractivity contribution in [3.63, 3.8) is 0 Å². The smallest absolute Gasteiger partial charge is 0.161 e. The summed E-state index contributed by atoms with van der Waals surface area (Å²) in [6, 6.07) is 4.97. The molecule has 2 rings (SSSR count). The van der Waals surface area contributed by atoms with Crippen molar-refractivity contribution in [1.29, 1.82) is 0 Å². The maximum absolute atomic E-state index is 14.3. The Hall–Kier alpha value is -1.88. The highest BCUT2D eigenvalue weighted by Crippen LogP contribution is 2.31. The number of aromatic nitrogens is 2. The van der Waals surface area contributed by atoms with Gasteiger partial charge in [-0.1, -0.05) is 19.1 Å². The molecule has 0 amide bonds. The quantitative estimate of drug-likeness (QED) is 0.913. The van der Waals surface area contributed by atoms with E-state index in [1.807, 2.05) is 33.0 Å². The molecule has 0 spiro atoms. The highest BCUT2D eigenvalue weighted by Gasteiger charge is 2.24. The third-order valence-corrected chi connectivity index (χ3v) is 3.32. The Morgan fingerprint density at radius 3 is 2.80 bits per heavy atom. The molecule has 20 heavy (non-hydrogen) atoms. The lowest BCUT2D eigenvalue weighted by Gasteiger charge is -2.20. The minimum Gasteiger partial charge on any atom is -0.493 e. The second-order valence-electron chi connectivity index (χ2n) is 4.74. The third kappa shape index (κ3) is 2.67. The average Bonchev–Trinajstić information content (AvgIpc) is 2.78. The molecule has 1 atom stereocenters. The van der Waals surface area contributed by atoms with Crippen molar-refractivity contribution in [3.8, 4) is 5.75 Å². The molecule has 108 valence electrons. The summed E-state index contributed by atoms with van der Waals surface area (Å²) in [7, 11) is 3.42. The van der Waals surface area contributed by atoms with E-state index >= 15 is 0 Å². The lowest BCUT2D eigenvalue weighted by molar-refractivity contribution is 0.400. The van der Waals surface area contributed by atoms with Gasteiger partial charge in [0.25, 0.3) is 0 Å². The number of halogens is 1. The Labute approximate surface area is 118 Å². The summed E-state index contributed by atoms with van der Waals surface area (Å²) >= 11 is 0. The molecule has 1 unspecified atom stereocenters. The maximum atomic E-state index is 14.3. The van der Waals surface area contributed by atoms with Gasteiger partial charge in [0.1, 0.15) is 11.5 Å². The van der Waals surface area contributed by atoms with Crippen LogP contribution >= 0.6 is 0 Å². The van der Waals surface area contributed by atoms with Crippen molar-refractivity contribution in [2.45, 2.75) is 19.9 Å². The molecule has 0 aliphatic heterocycles. The van der Waals surface area contributed by atoms with Gasteiger partial charge in [-0.3, -0.25) is 4.68 Å². The van der Waals surface area contributed by atoms with Gasteiger partial charge in [0.15, 0.2) is 5.75 Å². The van der Waals surface area contributed by atoms with Crippen LogP contribution in [0.1, 0.15) is 29.8 Å². The molecule has 1 N–H and O–H groups in total. The number of nitrogens with one attached hydrogen (secondary N) is 1. The number of hydrogen-bond donors (Lipinski definition) is 1. The van der Waals surface area contributed by atoms with Gasteiger partial charge in [-0.05, 0) is 25.1 Å². The van der Waals surface area contributed by atoms with Gasteiger partial charge in [0.05, 0.1) is 19.3 Å². The van der Waals surface area contributed by atoms with E-state index in [1.54, 1.807) is 24.1 Å². The fourth-order valence-electron chi connectivity index (χ4n) is 2.34. The number of nitrogens with zero attached hydrogens (tertiary/aromatic N) is 2. The van der Waals surface area contributed by atoms with Crippen molar-refractivity contribution in [2.24, 2.45) is 7.05 Å². The Bertz CT molecular complexity index is 595. The number of rotatable bonds is 5. The van der Waals surface area contributed by atoms with Gasteiger partial charge in [0.2, 0.25) is 0 Å². The molecule has 1 heterocycles. The molecule has 4 nitrogen and oxygen atoms in total. The molecular weight excluding hydrogens is 257 g/mol. The number of hydrogen-bond acceptors (Lipinski definition) is 3. The molecule has 0 aliphatic rings. The number of benzene rings is 1. The number of methoxy groups -OCH3 is 1. The molecule has 2 aromatic rings. The predicted molar refractivity (Wildman–Crippen MR) is 76.4 cm³/mol. The molecule has 5 heteroatoms. The van der Waals surface area contributed by atoms with Crippen LogP contribution in [0.3, 0.4) is 0 Å². The monoisotopic (exact) mass is 277 g/mol. The van der Waals surface area contributed by atoms with Crippen LogP contribution in [-0.2, 0) is 7.05 Å². The summed E-state index contributed by atoms with van der Waals surface area (Å²) in [6.45, 7) is 4.58. The van der Waals surface area contributed by atoms with Crippen LogP contribution in [-0.4, -0.2) is 23.4 Å². The molecule has 0 fully saturated rings. The normalized spacial score (nSPS) is 12.4. The molecule has 0 radical (unpaired) electrons. The van der Waals surface area contributed by atoms with E-state index in [2.05, 4.69) is 10.4 Å². The molecule has 1 aromatic carbocycles. The van der Waals surface area contributed by atoms with E-state index in [0.717, 1.165) is 11.3 Å². The topological polar surface area (TPSA) is 39.1 Å². The summed E-state index contributed by atoms with van der Waals surface area (Å²) in [4.78, 5) is 0. The highest BCUT2D eigenvalue weighted by atomic mass is 19.1. The molecular formula is C15H20FN3O. The maximum Gasteiger partial charge on any atom is 0.161 e. The zero-order chi connectivity index (χ0) is 14.7. The van der Waals surface area contributed by atoms with Crippen molar-refractivity contribution in [1.82, 2.24) is 15.1 Å². The van der Waals surface area contributed by atoms with Crippen molar-refractivity contribution >= 4 is 0 Å². The minimum absolute atomic E-state index is 0.223. The molecule has 0 saturated carbocycles. The summed E-state index contributed by atoms with van der Waals surface area (Å²) < 4.78 is 21.3. The van der Waals surface area contributed by atoms with Crippen LogP contribution in [0.5, 0.6) is 5.75 Å². The summed E-state index contributed by atoms with van der Waals surface area (Å²) in [5.74, 6) is 0.428. The van der Waals surface area contributed by atoms with E-state index < -0.39 is 0 Å². The average molecular weight is 277 g/mol. The van der Waals surface area contributed by atoms with Gasteiger partial charge in [-0.25, -0.2) is 4.39 Å². The first kappa shape index (κ1) is 14.5. The zero-order valence-corrected chi connectivity index (χ0v) is 12.3. The van der Waals surface area contributed by atoms with Crippen LogP contribution in [0.4, 0.5) is 4.39 Å². The minimum atomic E-state index is -0.289. The predicted octanol–water partition coefficient (Wildman–Crippen LogP) is 2.58. The highest BCUT2D eigenvalue weighted by molar-refractivity contribution is 5.38. The van der Waals surface area contributed by atoms with E-state index in [1.165, 1.54) is 0 Å². The van der Waals surface area contributed by atoms with E-state index in [4.69, 9.17) is 4.74 Å². The molecule has 0 aliphatic carbocycles. The van der Waals surface area contributed by atoms with Gasteiger partial charge in [0, 0.05) is 12.6 Å². The zero-order valence-electron chi connectivity index (χ0n) is 12.3. The summed E-state index contributed by atoms with van der Waals surface area (Å²) in [5, 5.41) is 7.49. The van der Waals surface area contributed by atoms with E-state index in [0.29, 0.717) is 17.9 Å². The first-order valence-electron chi connectivity index (χ1n) is 6.63. The fraction of sp³-hybridized carbons (Fsp3) is 0.400. The molecule has 1 aromatic heterocycles. The largest absolute Gasteiger partial charge is 0.493 e. The van der Waals surface area contributed by atoms with E-state index in [-0.39, 0.29) is 11.9 Å². The Kier molecular flexibility index (Phi) is 4.39.